The maximum Gasteiger partial charge on any atom is 0.119 e. The Balaban J connectivity index is 2.50. The Morgan fingerprint density at radius 3 is 2.88 bits per heavy atom. The molecule has 0 aromatic heterocycles. The van der Waals surface area contributed by atoms with Gasteiger partial charge in [-0.2, -0.15) is 5.26 Å². The Bertz CT molecular complexity index is 454. The molecule has 0 fully saturated rings. The molecule has 1 aliphatic rings. The number of fused-ring (bicyclic) bond motifs is 1. The number of aryl methyl sites for hydroxylation is 1. The van der Waals surface area contributed by atoms with Crippen molar-refractivity contribution in [3.63, 3.8) is 0 Å². The van der Waals surface area contributed by atoms with Crippen molar-refractivity contribution in [1.82, 2.24) is 0 Å². The van der Waals surface area contributed by atoms with Crippen LogP contribution in [0.5, 0.6) is 5.75 Å². The number of ether oxygens (including phenoxy) is 1. The van der Waals surface area contributed by atoms with E-state index in [1.165, 1.54) is 17.5 Å². The highest BCUT2D eigenvalue weighted by molar-refractivity contribution is 5.71. The predicted molar refractivity (Wildman–Crippen MR) is 64.1 cm³/mol. The Kier molecular flexibility index (Phi) is 3.26. The first-order valence-corrected chi connectivity index (χ1v) is 5.61. The highest BCUT2D eigenvalue weighted by Gasteiger charge is 2.13. The SMILES string of the molecule is COc1ccc2c(c1)/C(=C\C#N)CCCC2. The molecule has 0 unspecified atom stereocenters. The fourth-order valence-electron chi connectivity index (χ4n) is 2.19. The molecule has 0 spiro atoms. The van der Waals surface area contributed by atoms with Crippen LogP contribution in [0.1, 0.15) is 30.4 Å². The third kappa shape index (κ3) is 2.09. The fourth-order valence-corrected chi connectivity index (χ4v) is 2.19. The van der Waals surface area contributed by atoms with Crippen LogP contribution >= 0.6 is 0 Å². The monoisotopic (exact) mass is 213 g/mol. The van der Waals surface area contributed by atoms with E-state index >= 15 is 0 Å². The van der Waals surface area contributed by atoms with Gasteiger partial charge in [0.2, 0.25) is 0 Å². The van der Waals surface area contributed by atoms with Crippen molar-refractivity contribution in [1.29, 1.82) is 5.26 Å². The molecular weight excluding hydrogens is 198 g/mol. The van der Waals surface area contributed by atoms with E-state index in [9.17, 15) is 0 Å². The van der Waals surface area contributed by atoms with E-state index in [0.717, 1.165) is 30.6 Å². The quantitative estimate of drug-likeness (QED) is 0.529. The average Bonchev–Trinajstić information content (AvgIpc) is 2.52. The lowest BCUT2D eigenvalue weighted by Crippen LogP contribution is -1.92. The first kappa shape index (κ1) is 10.8. The van der Waals surface area contributed by atoms with Crippen LogP contribution in [-0.4, -0.2) is 7.11 Å². The molecule has 0 atom stereocenters. The Hall–Kier alpha value is -1.75. The molecule has 1 aliphatic carbocycles. The van der Waals surface area contributed by atoms with Crippen molar-refractivity contribution >= 4 is 5.57 Å². The van der Waals surface area contributed by atoms with E-state index in [1.54, 1.807) is 13.2 Å². The van der Waals surface area contributed by atoms with Gasteiger partial charge in [-0.05, 0) is 54.5 Å². The van der Waals surface area contributed by atoms with Crippen LogP contribution in [0.4, 0.5) is 0 Å². The molecule has 0 saturated carbocycles. The summed E-state index contributed by atoms with van der Waals surface area (Å²) in [7, 11) is 1.67. The molecule has 16 heavy (non-hydrogen) atoms. The molecule has 0 heterocycles. The number of allylic oxidation sites excluding steroid dienone is 2. The molecule has 2 nitrogen and oxygen atoms in total. The van der Waals surface area contributed by atoms with Gasteiger partial charge in [0, 0.05) is 6.08 Å². The van der Waals surface area contributed by atoms with Gasteiger partial charge in [0.15, 0.2) is 0 Å². The molecule has 0 aliphatic heterocycles. The van der Waals surface area contributed by atoms with E-state index in [-0.39, 0.29) is 0 Å². The topological polar surface area (TPSA) is 33.0 Å². The first-order valence-electron chi connectivity index (χ1n) is 5.61. The lowest BCUT2D eigenvalue weighted by Gasteiger charge is -2.09. The van der Waals surface area contributed by atoms with Crippen LogP contribution in [0.15, 0.2) is 24.3 Å². The van der Waals surface area contributed by atoms with Crippen LogP contribution in [0.25, 0.3) is 5.57 Å². The van der Waals surface area contributed by atoms with Gasteiger partial charge in [-0.15, -0.1) is 0 Å². The Morgan fingerprint density at radius 1 is 1.31 bits per heavy atom. The zero-order valence-electron chi connectivity index (χ0n) is 9.49. The van der Waals surface area contributed by atoms with Gasteiger partial charge >= 0.3 is 0 Å². The summed E-state index contributed by atoms with van der Waals surface area (Å²) in [5, 5.41) is 8.80. The van der Waals surface area contributed by atoms with E-state index in [2.05, 4.69) is 12.1 Å². The van der Waals surface area contributed by atoms with E-state index < -0.39 is 0 Å². The van der Waals surface area contributed by atoms with Crippen LogP contribution in [0.3, 0.4) is 0 Å². The zero-order valence-corrected chi connectivity index (χ0v) is 9.49. The van der Waals surface area contributed by atoms with Gasteiger partial charge in [-0.25, -0.2) is 0 Å². The van der Waals surface area contributed by atoms with Crippen LogP contribution in [0, 0.1) is 11.3 Å². The maximum absolute atomic E-state index is 8.80. The Morgan fingerprint density at radius 2 is 2.12 bits per heavy atom. The van der Waals surface area contributed by atoms with Crippen molar-refractivity contribution < 1.29 is 4.74 Å². The first-order chi connectivity index (χ1) is 7.85. The minimum absolute atomic E-state index is 0.865. The molecular formula is C14H15NO. The summed E-state index contributed by atoms with van der Waals surface area (Å²) in [5.74, 6) is 0.865. The second-order valence-electron chi connectivity index (χ2n) is 4.03. The van der Waals surface area contributed by atoms with Crippen molar-refractivity contribution in [2.24, 2.45) is 0 Å². The van der Waals surface area contributed by atoms with Gasteiger partial charge in [-0.3, -0.25) is 0 Å². The molecule has 0 bridgehead atoms. The molecule has 2 heteroatoms. The summed E-state index contributed by atoms with van der Waals surface area (Å²) >= 11 is 0. The van der Waals surface area contributed by atoms with E-state index in [0.29, 0.717) is 0 Å². The molecule has 0 amide bonds. The second kappa shape index (κ2) is 4.85. The third-order valence-electron chi connectivity index (χ3n) is 3.04. The fraction of sp³-hybridized carbons (Fsp3) is 0.357. The standard InChI is InChI=1S/C14H15NO/c1-16-13-7-6-11-4-2-3-5-12(8-9-15)14(11)10-13/h6-8,10H,2-5H2,1H3/b12-8-. The Labute approximate surface area is 96.2 Å². The number of nitriles is 1. The predicted octanol–water partition coefficient (Wildman–Crippen LogP) is 3.33. The van der Waals surface area contributed by atoms with Gasteiger partial charge < -0.3 is 4.74 Å². The number of benzene rings is 1. The van der Waals surface area contributed by atoms with Gasteiger partial charge in [0.1, 0.15) is 5.75 Å². The summed E-state index contributed by atoms with van der Waals surface area (Å²) in [6.45, 7) is 0. The number of methoxy groups -OCH3 is 1. The highest BCUT2D eigenvalue weighted by atomic mass is 16.5. The lowest BCUT2D eigenvalue weighted by molar-refractivity contribution is 0.414. The number of rotatable bonds is 1. The molecule has 0 radical (unpaired) electrons. The molecule has 0 N–H and O–H groups in total. The van der Waals surface area contributed by atoms with Crippen molar-refractivity contribution in [2.75, 3.05) is 7.11 Å². The lowest BCUT2D eigenvalue weighted by atomic mass is 9.98. The molecule has 1 aromatic rings. The second-order valence-corrected chi connectivity index (χ2v) is 4.03. The summed E-state index contributed by atoms with van der Waals surface area (Å²) in [4.78, 5) is 0. The number of hydrogen-bond donors (Lipinski definition) is 0. The number of nitrogens with zero attached hydrogens (tertiary/aromatic N) is 1. The van der Waals surface area contributed by atoms with E-state index in [4.69, 9.17) is 10.00 Å². The average molecular weight is 213 g/mol. The van der Waals surface area contributed by atoms with Gasteiger partial charge in [0.25, 0.3) is 0 Å². The van der Waals surface area contributed by atoms with Gasteiger partial charge in [0.05, 0.1) is 13.2 Å². The summed E-state index contributed by atoms with van der Waals surface area (Å²) in [6.07, 6.45) is 6.12. The van der Waals surface area contributed by atoms with Crippen molar-refractivity contribution in [2.45, 2.75) is 25.7 Å². The number of hydrogen-bond acceptors (Lipinski definition) is 2. The minimum Gasteiger partial charge on any atom is -0.497 e. The van der Waals surface area contributed by atoms with Crippen LogP contribution in [-0.2, 0) is 6.42 Å². The van der Waals surface area contributed by atoms with Crippen LogP contribution < -0.4 is 4.74 Å². The van der Waals surface area contributed by atoms with Crippen LogP contribution in [0.2, 0.25) is 0 Å². The highest BCUT2D eigenvalue weighted by Crippen LogP contribution is 2.32. The summed E-state index contributed by atoms with van der Waals surface area (Å²) in [5.41, 5.74) is 3.67. The molecule has 1 aromatic carbocycles. The summed E-state index contributed by atoms with van der Waals surface area (Å²) in [6, 6.07) is 8.30. The molecule has 82 valence electrons. The maximum atomic E-state index is 8.80. The largest absolute Gasteiger partial charge is 0.497 e. The minimum atomic E-state index is 0.865. The van der Waals surface area contributed by atoms with E-state index in [1.807, 2.05) is 12.1 Å². The normalized spacial score (nSPS) is 17.4. The van der Waals surface area contributed by atoms with Crippen molar-refractivity contribution in [3.8, 4) is 11.8 Å². The van der Waals surface area contributed by atoms with Crippen molar-refractivity contribution in [3.05, 3.63) is 35.4 Å². The van der Waals surface area contributed by atoms with Gasteiger partial charge in [-0.1, -0.05) is 6.07 Å². The summed E-state index contributed by atoms with van der Waals surface area (Å²) < 4.78 is 5.24. The molecule has 0 saturated heterocycles. The third-order valence-corrected chi connectivity index (χ3v) is 3.04. The smallest absolute Gasteiger partial charge is 0.119 e. The zero-order chi connectivity index (χ0) is 11.4. The molecule has 2 rings (SSSR count).